The number of benzene rings is 2. The van der Waals surface area contributed by atoms with Crippen molar-refractivity contribution in [1.82, 2.24) is 0 Å². The number of amides is 2. The molecule has 0 radical (unpaired) electrons. The summed E-state index contributed by atoms with van der Waals surface area (Å²) in [4.78, 5) is 26.0. The van der Waals surface area contributed by atoms with E-state index in [4.69, 9.17) is 4.74 Å². The predicted octanol–water partition coefficient (Wildman–Crippen LogP) is 3.71. The van der Waals surface area contributed by atoms with E-state index in [-0.39, 0.29) is 11.8 Å². The van der Waals surface area contributed by atoms with Crippen molar-refractivity contribution < 1.29 is 14.3 Å². The van der Waals surface area contributed by atoms with Crippen molar-refractivity contribution in [2.24, 2.45) is 0 Å². The molecule has 27 heavy (non-hydrogen) atoms. The lowest BCUT2D eigenvalue weighted by atomic mass is 10.1. The van der Waals surface area contributed by atoms with Gasteiger partial charge >= 0.3 is 0 Å². The molecule has 0 spiro atoms. The first kappa shape index (κ1) is 17.6. The summed E-state index contributed by atoms with van der Waals surface area (Å²) < 4.78 is 5.83. The molecule has 4 rings (SSSR count). The van der Waals surface area contributed by atoms with Gasteiger partial charge in [0, 0.05) is 24.3 Å². The van der Waals surface area contributed by atoms with Gasteiger partial charge in [-0.25, -0.2) is 0 Å². The van der Waals surface area contributed by atoms with Crippen LogP contribution in [0.1, 0.15) is 37.3 Å². The molecule has 5 nitrogen and oxygen atoms in total. The maximum atomic E-state index is 12.4. The minimum atomic E-state index is -0.593. The standard InChI is InChI=1S/C22H24N2O3/c1-15(27-20-12-7-16-4-2-5-17(16)14-20)22(26)23-18-8-10-19(11-9-18)24-13-3-6-21(24)25/h7-12,14-15H,2-6,13H2,1H3,(H,23,26)/t15-/m1/s1. The number of carbonyl (C=O) groups excluding carboxylic acids is 2. The number of carbonyl (C=O) groups is 2. The van der Waals surface area contributed by atoms with Crippen molar-refractivity contribution >= 4 is 23.2 Å². The van der Waals surface area contributed by atoms with E-state index in [1.807, 2.05) is 36.4 Å². The van der Waals surface area contributed by atoms with Gasteiger partial charge in [-0.3, -0.25) is 9.59 Å². The van der Waals surface area contributed by atoms with E-state index in [2.05, 4.69) is 11.4 Å². The molecular weight excluding hydrogens is 340 g/mol. The Bertz CT molecular complexity index is 860. The summed E-state index contributed by atoms with van der Waals surface area (Å²) in [6.45, 7) is 2.51. The van der Waals surface area contributed by atoms with Crippen LogP contribution in [0.5, 0.6) is 5.75 Å². The topological polar surface area (TPSA) is 58.6 Å². The second-order valence-corrected chi connectivity index (χ2v) is 7.23. The Balaban J connectivity index is 1.36. The van der Waals surface area contributed by atoms with Crippen molar-refractivity contribution in [2.45, 2.75) is 45.1 Å². The molecule has 1 atom stereocenters. The van der Waals surface area contributed by atoms with Gasteiger partial charge in [0.05, 0.1) is 0 Å². The Hall–Kier alpha value is -2.82. The molecule has 140 valence electrons. The number of rotatable bonds is 5. The van der Waals surface area contributed by atoms with Gasteiger partial charge in [0.2, 0.25) is 5.91 Å². The molecule has 1 N–H and O–H groups in total. The smallest absolute Gasteiger partial charge is 0.265 e. The van der Waals surface area contributed by atoms with Gasteiger partial charge in [0.1, 0.15) is 5.75 Å². The quantitative estimate of drug-likeness (QED) is 0.880. The molecular formula is C22H24N2O3. The van der Waals surface area contributed by atoms with Crippen LogP contribution < -0.4 is 15.0 Å². The molecule has 2 aromatic carbocycles. The first-order chi connectivity index (χ1) is 13.1. The van der Waals surface area contributed by atoms with Crippen molar-refractivity contribution in [1.29, 1.82) is 0 Å². The number of hydrogen-bond acceptors (Lipinski definition) is 3. The van der Waals surface area contributed by atoms with Gasteiger partial charge in [0.25, 0.3) is 5.91 Å². The molecule has 0 saturated carbocycles. The number of nitrogens with zero attached hydrogens (tertiary/aromatic N) is 1. The average Bonchev–Trinajstić information content (AvgIpc) is 3.30. The number of fused-ring (bicyclic) bond motifs is 1. The van der Waals surface area contributed by atoms with Crippen molar-refractivity contribution in [3.05, 3.63) is 53.6 Å². The molecule has 2 aliphatic rings. The molecule has 2 amide bonds. The Morgan fingerprint density at radius 3 is 2.56 bits per heavy atom. The largest absolute Gasteiger partial charge is 0.481 e. The van der Waals surface area contributed by atoms with E-state index in [0.717, 1.165) is 37.2 Å². The lowest BCUT2D eigenvalue weighted by Crippen LogP contribution is -2.30. The molecule has 0 aromatic heterocycles. The summed E-state index contributed by atoms with van der Waals surface area (Å²) in [6.07, 6.45) is 4.31. The van der Waals surface area contributed by atoms with Crippen LogP contribution in [-0.2, 0) is 22.4 Å². The number of anilines is 2. The third-order valence-corrected chi connectivity index (χ3v) is 5.27. The molecule has 5 heteroatoms. The maximum absolute atomic E-state index is 12.4. The Morgan fingerprint density at radius 2 is 1.81 bits per heavy atom. The highest BCUT2D eigenvalue weighted by molar-refractivity contribution is 5.96. The lowest BCUT2D eigenvalue weighted by molar-refractivity contribution is -0.122. The van der Waals surface area contributed by atoms with Gasteiger partial charge in [-0.1, -0.05) is 6.07 Å². The third-order valence-electron chi connectivity index (χ3n) is 5.27. The third kappa shape index (κ3) is 3.82. The average molecular weight is 364 g/mol. The van der Waals surface area contributed by atoms with Crippen molar-refractivity contribution in [3.63, 3.8) is 0 Å². The van der Waals surface area contributed by atoms with Gasteiger partial charge in [-0.15, -0.1) is 0 Å². The highest BCUT2D eigenvalue weighted by Crippen LogP contribution is 2.27. The van der Waals surface area contributed by atoms with Crippen LogP contribution in [0.15, 0.2) is 42.5 Å². The number of aryl methyl sites for hydroxylation is 2. The zero-order valence-electron chi connectivity index (χ0n) is 15.5. The summed E-state index contributed by atoms with van der Waals surface area (Å²) in [6, 6.07) is 13.5. The highest BCUT2D eigenvalue weighted by atomic mass is 16.5. The van der Waals surface area contributed by atoms with Crippen LogP contribution in [-0.4, -0.2) is 24.5 Å². The van der Waals surface area contributed by atoms with E-state index in [9.17, 15) is 9.59 Å². The van der Waals surface area contributed by atoms with Crippen molar-refractivity contribution in [3.8, 4) is 5.75 Å². The molecule has 1 saturated heterocycles. The van der Waals surface area contributed by atoms with E-state index >= 15 is 0 Å². The fourth-order valence-corrected chi connectivity index (χ4v) is 3.77. The van der Waals surface area contributed by atoms with Crippen LogP contribution in [0, 0.1) is 0 Å². The van der Waals surface area contributed by atoms with Gasteiger partial charge in [-0.2, -0.15) is 0 Å². The van der Waals surface area contributed by atoms with E-state index in [1.54, 1.807) is 11.8 Å². The predicted molar refractivity (Wildman–Crippen MR) is 105 cm³/mol. The molecule has 0 bridgehead atoms. The Morgan fingerprint density at radius 1 is 1.04 bits per heavy atom. The van der Waals surface area contributed by atoms with Gasteiger partial charge < -0.3 is 15.0 Å². The van der Waals surface area contributed by atoms with Gasteiger partial charge in [-0.05, 0) is 80.1 Å². The number of hydrogen-bond donors (Lipinski definition) is 1. The van der Waals surface area contributed by atoms with Crippen LogP contribution >= 0.6 is 0 Å². The first-order valence-corrected chi connectivity index (χ1v) is 9.60. The summed E-state index contributed by atoms with van der Waals surface area (Å²) in [5, 5.41) is 2.88. The van der Waals surface area contributed by atoms with E-state index in [0.29, 0.717) is 12.1 Å². The maximum Gasteiger partial charge on any atom is 0.265 e. The molecule has 2 aromatic rings. The SMILES string of the molecule is C[C@@H](Oc1ccc2c(c1)CCC2)C(=O)Nc1ccc(N2CCCC2=O)cc1. The molecule has 0 unspecified atom stereocenters. The molecule has 1 fully saturated rings. The summed E-state index contributed by atoms with van der Waals surface area (Å²) in [5.74, 6) is 0.699. The summed E-state index contributed by atoms with van der Waals surface area (Å²) in [5.41, 5.74) is 4.28. The van der Waals surface area contributed by atoms with E-state index in [1.165, 1.54) is 17.5 Å². The second-order valence-electron chi connectivity index (χ2n) is 7.23. The highest BCUT2D eigenvalue weighted by Gasteiger charge is 2.22. The number of nitrogens with one attached hydrogen (secondary N) is 1. The lowest BCUT2D eigenvalue weighted by Gasteiger charge is -2.17. The fourth-order valence-electron chi connectivity index (χ4n) is 3.77. The fraction of sp³-hybridized carbons (Fsp3) is 0.364. The van der Waals surface area contributed by atoms with E-state index < -0.39 is 6.10 Å². The van der Waals surface area contributed by atoms with Crippen LogP contribution in [0.25, 0.3) is 0 Å². The normalized spacial score (nSPS) is 16.9. The molecule has 1 heterocycles. The number of ether oxygens (including phenoxy) is 1. The van der Waals surface area contributed by atoms with Crippen LogP contribution in [0.3, 0.4) is 0 Å². The zero-order chi connectivity index (χ0) is 18.8. The first-order valence-electron chi connectivity index (χ1n) is 9.60. The molecule has 1 aliphatic carbocycles. The Kier molecular flexibility index (Phi) is 4.84. The second kappa shape index (κ2) is 7.43. The van der Waals surface area contributed by atoms with Crippen LogP contribution in [0.2, 0.25) is 0 Å². The van der Waals surface area contributed by atoms with Crippen LogP contribution in [0.4, 0.5) is 11.4 Å². The summed E-state index contributed by atoms with van der Waals surface area (Å²) in [7, 11) is 0. The minimum absolute atomic E-state index is 0.156. The zero-order valence-corrected chi connectivity index (χ0v) is 15.5. The Labute approximate surface area is 159 Å². The van der Waals surface area contributed by atoms with Gasteiger partial charge in [0.15, 0.2) is 6.10 Å². The van der Waals surface area contributed by atoms with Crippen molar-refractivity contribution in [2.75, 3.05) is 16.8 Å². The monoisotopic (exact) mass is 364 g/mol. The summed E-state index contributed by atoms with van der Waals surface area (Å²) >= 11 is 0. The minimum Gasteiger partial charge on any atom is -0.481 e. The molecule has 1 aliphatic heterocycles.